The SMILES string of the molecule is c1ccc(-c2ccc(-n3c4ccccc4c4c(N(c5ccccc5)c5ccc6c7ccccc7n(-c7ccccc7)c6c5)cc(N(c5ccccc5)c5ccc6c7ccccc7n(-c7ccccc7)c6c5)cc43)cc2)cc1. The Hall–Kier alpha value is -10.4. The molecule has 362 valence electrons. The molecule has 0 atom stereocenters. The molecule has 0 radical (unpaired) electrons. The summed E-state index contributed by atoms with van der Waals surface area (Å²) in [5.74, 6) is 0. The fourth-order valence-electron chi connectivity index (χ4n) is 12.0. The molecule has 0 saturated carbocycles. The van der Waals surface area contributed by atoms with Gasteiger partial charge in [-0.25, -0.2) is 0 Å². The Morgan fingerprint density at radius 1 is 0.208 bits per heavy atom. The Balaban J connectivity index is 1.05. The van der Waals surface area contributed by atoms with Crippen LogP contribution in [0.15, 0.2) is 297 Å². The maximum absolute atomic E-state index is 2.48. The maximum atomic E-state index is 2.48. The highest BCUT2D eigenvalue weighted by atomic mass is 15.2. The highest BCUT2D eigenvalue weighted by Crippen LogP contribution is 2.50. The highest BCUT2D eigenvalue weighted by molar-refractivity contribution is 6.19. The van der Waals surface area contributed by atoms with E-state index in [1.807, 2.05) is 0 Å². The molecule has 5 nitrogen and oxygen atoms in total. The first-order chi connectivity index (χ1) is 38.2. The van der Waals surface area contributed by atoms with Gasteiger partial charge in [0.15, 0.2) is 0 Å². The molecule has 0 aliphatic carbocycles. The molecule has 15 rings (SSSR count). The monoisotopic (exact) mass is 983 g/mol. The Kier molecular flexibility index (Phi) is 10.5. The van der Waals surface area contributed by atoms with Crippen molar-refractivity contribution in [3.63, 3.8) is 0 Å². The number of benzene rings is 12. The van der Waals surface area contributed by atoms with Crippen molar-refractivity contribution in [1.29, 1.82) is 0 Å². The van der Waals surface area contributed by atoms with Gasteiger partial charge in [-0.15, -0.1) is 0 Å². The van der Waals surface area contributed by atoms with Gasteiger partial charge in [0, 0.05) is 72.1 Å². The van der Waals surface area contributed by atoms with E-state index in [9.17, 15) is 0 Å². The molecular formula is C72H49N5. The Labute approximate surface area is 446 Å². The minimum absolute atomic E-state index is 1.02. The standard InChI is InChI=1S/C72H49N5/c1-6-22-50(23-7-1)51-38-40-56(41-39-51)77-67-37-21-18-34-64(67)72-70(74(53-26-10-3-11-27-53)58-43-45-63-61-33-17-20-36-66(61)76(69(63)47-58)55-30-14-5-15-31-55)48-59(49-71(72)77)73(52-24-8-2-9-25-52)57-42-44-62-60-32-16-19-35-65(60)75(68(62)46-57)54-28-12-4-13-29-54/h1-49H. The summed E-state index contributed by atoms with van der Waals surface area (Å²) < 4.78 is 7.28. The summed E-state index contributed by atoms with van der Waals surface area (Å²) in [7, 11) is 0. The van der Waals surface area contributed by atoms with Gasteiger partial charge in [0.25, 0.3) is 0 Å². The Morgan fingerprint density at radius 2 is 0.571 bits per heavy atom. The molecule has 0 aliphatic rings. The number of rotatable bonds is 10. The zero-order valence-electron chi connectivity index (χ0n) is 42.0. The summed E-state index contributed by atoms with van der Waals surface area (Å²) in [5.41, 5.74) is 18.8. The van der Waals surface area contributed by atoms with E-state index in [1.165, 1.54) is 43.7 Å². The summed E-state index contributed by atoms with van der Waals surface area (Å²) in [6.07, 6.45) is 0. The highest BCUT2D eigenvalue weighted by Gasteiger charge is 2.27. The third kappa shape index (κ3) is 7.31. The Bertz CT molecular complexity index is 4660. The fraction of sp³-hybridized carbons (Fsp3) is 0. The predicted octanol–water partition coefficient (Wildman–Crippen LogP) is 19.6. The summed E-state index contributed by atoms with van der Waals surface area (Å²) >= 11 is 0. The van der Waals surface area contributed by atoms with Crippen molar-refractivity contribution >= 4 is 99.5 Å². The first-order valence-electron chi connectivity index (χ1n) is 26.3. The molecule has 0 fully saturated rings. The van der Waals surface area contributed by atoms with Crippen molar-refractivity contribution in [2.45, 2.75) is 0 Å². The van der Waals surface area contributed by atoms with Crippen molar-refractivity contribution in [2.24, 2.45) is 0 Å². The van der Waals surface area contributed by atoms with E-state index in [1.54, 1.807) is 0 Å². The van der Waals surface area contributed by atoms with Gasteiger partial charge in [-0.3, -0.25) is 0 Å². The van der Waals surface area contributed by atoms with Crippen molar-refractivity contribution < 1.29 is 0 Å². The molecule has 0 saturated heterocycles. The van der Waals surface area contributed by atoms with Crippen LogP contribution in [0.1, 0.15) is 0 Å². The zero-order valence-corrected chi connectivity index (χ0v) is 42.0. The van der Waals surface area contributed by atoms with Crippen molar-refractivity contribution in [3.8, 4) is 28.2 Å². The van der Waals surface area contributed by atoms with Crippen LogP contribution in [0.4, 0.5) is 34.1 Å². The minimum Gasteiger partial charge on any atom is -0.310 e. The second kappa shape index (κ2) is 18.2. The van der Waals surface area contributed by atoms with Crippen molar-refractivity contribution in [2.75, 3.05) is 9.80 Å². The minimum atomic E-state index is 1.02. The van der Waals surface area contributed by atoms with E-state index in [-0.39, 0.29) is 0 Å². The van der Waals surface area contributed by atoms with Gasteiger partial charge in [-0.2, -0.15) is 0 Å². The van der Waals surface area contributed by atoms with Gasteiger partial charge >= 0.3 is 0 Å². The molecular weight excluding hydrogens is 935 g/mol. The second-order valence-corrected chi connectivity index (χ2v) is 19.7. The molecule has 0 bridgehead atoms. The number of hydrogen-bond donors (Lipinski definition) is 0. The lowest BCUT2D eigenvalue weighted by Crippen LogP contribution is -2.14. The second-order valence-electron chi connectivity index (χ2n) is 19.7. The van der Waals surface area contributed by atoms with E-state index in [0.29, 0.717) is 0 Å². The van der Waals surface area contributed by atoms with Gasteiger partial charge in [0.05, 0.1) is 44.5 Å². The molecule has 5 heteroatoms. The smallest absolute Gasteiger partial charge is 0.0583 e. The maximum Gasteiger partial charge on any atom is 0.0583 e. The molecule has 0 amide bonds. The van der Waals surface area contributed by atoms with Crippen LogP contribution in [0, 0.1) is 0 Å². The topological polar surface area (TPSA) is 21.3 Å². The molecule has 3 aromatic heterocycles. The lowest BCUT2D eigenvalue weighted by atomic mass is 10.0. The van der Waals surface area contributed by atoms with Gasteiger partial charge in [-0.1, -0.05) is 182 Å². The van der Waals surface area contributed by atoms with Crippen LogP contribution in [0.25, 0.3) is 93.6 Å². The van der Waals surface area contributed by atoms with Crippen molar-refractivity contribution in [1.82, 2.24) is 13.7 Å². The average Bonchev–Trinajstić information content (AvgIpc) is 4.14. The summed E-state index contributed by atoms with van der Waals surface area (Å²) in [6, 6.07) is 108. The third-order valence-corrected chi connectivity index (χ3v) is 15.4. The van der Waals surface area contributed by atoms with Crippen LogP contribution in [-0.2, 0) is 0 Å². The van der Waals surface area contributed by atoms with E-state index in [2.05, 4.69) is 321 Å². The molecule has 12 aromatic carbocycles. The lowest BCUT2D eigenvalue weighted by Gasteiger charge is -2.30. The first-order valence-corrected chi connectivity index (χ1v) is 26.3. The number of para-hydroxylation sites is 7. The number of anilines is 6. The number of fused-ring (bicyclic) bond motifs is 9. The largest absolute Gasteiger partial charge is 0.310 e. The lowest BCUT2D eigenvalue weighted by molar-refractivity contribution is 1.17. The van der Waals surface area contributed by atoms with Gasteiger partial charge in [0.2, 0.25) is 0 Å². The van der Waals surface area contributed by atoms with E-state index >= 15 is 0 Å². The van der Waals surface area contributed by atoms with Crippen LogP contribution in [-0.4, -0.2) is 13.7 Å². The molecule has 0 spiro atoms. The van der Waals surface area contributed by atoms with Gasteiger partial charge < -0.3 is 23.5 Å². The molecule has 77 heavy (non-hydrogen) atoms. The molecule has 0 unspecified atom stereocenters. The quantitative estimate of drug-likeness (QED) is 0.136. The first kappa shape index (κ1) is 44.2. The van der Waals surface area contributed by atoms with Crippen LogP contribution < -0.4 is 9.80 Å². The van der Waals surface area contributed by atoms with Crippen molar-refractivity contribution in [3.05, 3.63) is 297 Å². The summed E-state index contributed by atoms with van der Waals surface area (Å²) in [4.78, 5) is 4.92. The van der Waals surface area contributed by atoms with Gasteiger partial charge in [0.1, 0.15) is 0 Å². The molecule has 3 heterocycles. The number of nitrogens with zero attached hydrogens (tertiary/aromatic N) is 5. The summed E-state index contributed by atoms with van der Waals surface area (Å²) in [5, 5.41) is 7.16. The van der Waals surface area contributed by atoms with Crippen LogP contribution in [0.2, 0.25) is 0 Å². The average molecular weight is 984 g/mol. The number of aromatic nitrogens is 3. The van der Waals surface area contributed by atoms with Crippen LogP contribution >= 0.6 is 0 Å². The third-order valence-electron chi connectivity index (χ3n) is 15.4. The normalized spacial score (nSPS) is 11.6. The number of hydrogen-bond acceptors (Lipinski definition) is 2. The zero-order chi connectivity index (χ0) is 50.8. The molecule has 0 aliphatic heterocycles. The van der Waals surface area contributed by atoms with Crippen LogP contribution in [0.5, 0.6) is 0 Å². The van der Waals surface area contributed by atoms with E-state index in [0.717, 1.165) is 84.0 Å². The fourth-order valence-corrected chi connectivity index (χ4v) is 12.0. The van der Waals surface area contributed by atoms with E-state index < -0.39 is 0 Å². The van der Waals surface area contributed by atoms with Crippen LogP contribution in [0.3, 0.4) is 0 Å². The molecule has 0 N–H and O–H groups in total. The predicted molar refractivity (Wildman–Crippen MR) is 324 cm³/mol. The Morgan fingerprint density at radius 3 is 1.10 bits per heavy atom. The van der Waals surface area contributed by atoms with Gasteiger partial charge in [-0.05, 0) is 126 Å². The summed E-state index contributed by atoms with van der Waals surface area (Å²) in [6.45, 7) is 0. The molecule has 15 aromatic rings. The van der Waals surface area contributed by atoms with E-state index in [4.69, 9.17) is 0 Å².